The Balaban J connectivity index is 1.88. The lowest BCUT2D eigenvalue weighted by Crippen LogP contribution is -2.41. The molecule has 0 aromatic heterocycles. The lowest BCUT2D eigenvalue weighted by Gasteiger charge is -2.33. The molecule has 2 aliphatic rings. The van der Waals surface area contributed by atoms with Gasteiger partial charge in [0.1, 0.15) is 0 Å². The molecule has 2 aliphatic heterocycles. The molecule has 0 radical (unpaired) electrons. The highest BCUT2D eigenvalue weighted by Crippen LogP contribution is 2.24. The van der Waals surface area contributed by atoms with Gasteiger partial charge >= 0.3 is 6.18 Å². The monoisotopic (exact) mass is 360 g/mol. The summed E-state index contributed by atoms with van der Waals surface area (Å²) in [6, 6.07) is 0.499. The summed E-state index contributed by atoms with van der Waals surface area (Å²) in [5.41, 5.74) is 0. The lowest BCUT2D eigenvalue weighted by molar-refractivity contribution is -0.130. The van der Waals surface area contributed by atoms with Crippen LogP contribution in [0.2, 0.25) is 0 Å². The van der Waals surface area contributed by atoms with Crippen molar-refractivity contribution in [1.82, 2.24) is 9.21 Å². The Morgan fingerprint density at radius 2 is 1.73 bits per heavy atom. The smallest absolute Gasteiger partial charge is 0.299 e. The van der Waals surface area contributed by atoms with Crippen LogP contribution < -0.4 is 0 Å². The zero-order valence-corrected chi connectivity index (χ0v) is 14.1. The van der Waals surface area contributed by atoms with E-state index in [2.05, 4.69) is 4.90 Å². The molecular formula is C13H23F3N2O2S2. The van der Waals surface area contributed by atoms with Crippen LogP contribution in [0.5, 0.6) is 0 Å². The maximum Gasteiger partial charge on any atom is 0.390 e. The molecule has 2 rings (SSSR count). The van der Waals surface area contributed by atoms with E-state index in [-0.39, 0.29) is 0 Å². The van der Waals surface area contributed by atoms with E-state index < -0.39 is 28.4 Å². The summed E-state index contributed by atoms with van der Waals surface area (Å²) in [5.74, 6) is 1.43. The van der Waals surface area contributed by atoms with Gasteiger partial charge in [-0.25, -0.2) is 12.7 Å². The lowest BCUT2D eigenvalue weighted by atomic mass is 10.1. The highest BCUT2D eigenvalue weighted by atomic mass is 32.2. The fourth-order valence-corrected chi connectivity index (χ4v) is 5.58. The second kappa shape index (κ2) is 7.72. The normalized spacial score (nSPS) is 24.3. The van der Waals surface area contributed by atoms with Gasteiger partial charge in [-0.2, -0.15) is 24.9 Å². The maximum absolute atomic E-state index is 12.2. The first-order valence-electron chi connectivity index (χ1n) is 7.64. The van der Waals surface area contributed by atoms with Gasteiger partial charge in [0, 0.05) is 25.7 Å². The Hall–Kier alpha value is 0.01000. The van der Waals surface area contributed by atoms with E-state index in [1.807, 2.05) is 11.8 Å². The predicted octanol–water partition coefficient (Wildman–Crippen LogP) is 2.17. The Labute approximate surface area is 134 Å². The van der Waals surface area contributed by atoms with Crippen LogP contribution in [0, 0.1) is 0 Å². The summed E-state index contributed by atoms with van der Waals surface area (Å²) in [4.78, 5) is 2.32. The Kier molecular flexibility index (Phi) is 6.44. The van der Waals surface area contributed by atoms with Crippen LogP contribution in [-0.2, 0) is 10.0 Å². The summed E-state index contributed by atoms with van der Waals surface area (Å²) in [5, 5.41) is 0. The third-order valence-electron chi connectivity index (χ3n) is 4.23. The van der Waals surface area contributed by atoms with Crippen molar-refractivity contribution < 1.29 is 21.6 Å². The van der Waals surface area contributed by atoms with Crippen molar-refractivity contribution >= 4 is 21.8 Å². The molecule has 0 N–H and O–H groups in total. The number of halogens is 3. The largest absolute Gasteiger partial charge is 0.390 e. The average molecular weight is 360 g/mol. The van der Waals surface area contributed by atoms with Gasteiger partial charge in [0.2, 0.25) is 10.0 Å². The predicted molar refractivity (Wildman–Crippen MR) is 82.6 cm³/mol. The molecule has 0 unspecified atom stereocenters. The van der Waals surface area contributed by atoms with E-state index in [0.717, 1.165) is 30.9 Å². The van der Waals surface area contributed by atoms with Crippen LogP contribution in [0.1, 0.15) is 25.7 Å². The Morgan fingerprint density at radius 3 is 2.36 bits per heavy atom. The second-order valence-corrected chi connectivity index (χ2v) is 9.13. The van der Waals surface area contributed by atoms with Gasteiger partial charge < -0.3 is 0 Å². The quantitative estimate of drug-likeness (QED) is 0.770. The van der Waals surface area contributed by atoms with Crippen molar-refractivity contribution in [2.45, 2.75) is 37.9 Å². The van der Waals surface area contributed by atoms with Crippen molar-refractivity contribution in [1.29, 1.82) is 0 Å². The van der Waals surface area contributed by atoms with E-state index in [4.69, 9.17) is 0 Å². The highest BCUT2D eigenvalue weighted by Gasteiger charge is 2.33. The molecule has 2 fully saturated rings. The van der Waals surface area contributed by atoms with Gasteiger partial charge in [-0.05, 0) is 37.3 Å². The van der Waals surface area contributed by atoms with Gasteiger partial charge in [0.05, 0.1) is 12.2 Å². The molecular weight excluding hydrogens is 337 g/mol. The van der Waals surface area contributed by atoms with E-state index in [1.165, 1.54) is 4.31 Å². The summed E-state index contributed by atoms with van der Waals surface area (Å²) >= 11 is 1.94. The molecule has 0 saturated carbocycles. The van der Waals surface area contributed by atoms with Crippen LogP contribution in [0.15, 0.2) is 0 Å². The minimum atomic E-state index is -4.43. The number of thioether (sulfide) groups is 1. The third kappa shape index (κ3) is 5.58. The molecule has 0 spiro atoms. The third-order valence-corrected chi connectivity index (χ3v) is 7.15. The second-order valence-electron chi connectivity index (χ2n) is 5.81. The molecule has 4 nitrogen and oxygen atoms in total. The standard InChI is InChI=1S/C13H23F3N2O2S2/c14-13(15,16)4-11-22(19,20)18-6-1-5-17(7-8-18)12-2-9-21-10-3-12/h12H,1-11H2. The van der Waals surface area contributed by atoms with Crippen LogP contribution in [0.4, 0.5) is 13.2 Å². The van der Waals surface area contributed by atoms with Gasteiger partial charge in [0.25, 0.3) is 0 Å². The van der Waals surface area contributed by atoms with E-state index >= 15 is 0 Å². The van der Waals surface area contributed by atoms with Gasteiger partial charge in [-0.1, -0.05) is 0 Å². The summed E-state index contributed by atoms with van der Waals surface area (Å²) in [6.45, 7) is 2.10. The molecule has 130 valence electrons. The summed E-state index contributed by atoms with van der Waals surface area (Å²) < 4.78 is 62.1. The van der Waals surface area contributed by atoms with Crippen molar-refractivity contribution in [3.8, 4) is 0 Å². The minimum Gasteiger partial charge on any atom is -0.299 e. The molecule has 0 aromatic carbocycles. The van der Waals surface area contributed by atoms with Gasteiger partial charge in [-0.15, -0.1) is 0 Å². The first kappa shape index (κ1) is 18.4. The number of hydrogen-bond donors (Lipinski definition) is 0. The Bertz CT molecular complexity index is 451. The summed E-state index contributed by atoms with van der Waals surface area (Å²) in [6.07, 6.45) is -2.77. The van der Waals surface area contributed by atoms with E-state index in [9.17, 15) is 21.6 Å². The van der Waals surface area contributed by atoms with E-state index in [0.29, 0.717) is 32.1 Å². The number of hydrogen-bond acceptors (Lipinski definition) is 4. The topological polar surface area (TPSA) is 40.6 Å². The van der Waals surface area contributed by atoms with E-state index in [1.54, 1.807) is 0 Å². The number of nitrogens with zero attached hydrogens (tertiary/aromatic N) is 2. The molecule has 0 amide bonds. The number of alkyl halides is 3. The van der Waals surface area contributed by atoms with Crippen molar-refractivity contribution in [2.75, 3.05) is 43.4 Å². The Morgan fingerprint density at radius 1 is 1.05 bits per heavy atom. The molecule has 0 aliphatic carbocycles. The molecule has 2 heterocycles. The van der Waals surface area contributed by atoms with Crippen LogP contribution >= 0.6 is 11.8 Å². The minimum absolute atomic E-state index is 0.309. The first-order chi connectivity index (χ1) is 10.3. The SMILES string of the molecule is O=S(=O)(CCC(F)(F)F)N1CCCN(C2CCSCC2)CC1. The first-order valence-corrected chi connectivity index (χ1v) is 10.4. The highest BCUT2D eigenvalue weighted by molar-refractivity contribution is 7.99. The van der Waals surface area contributed by atoms with Crippen LogP contribution in [-0.4, -0.2) is 73.3 Å². The van der Waals surface area contributed by atoms with Crippen molar-refractivity contribution in [2.24, 2.45) is 0 Å². The average Bonchev–Trinajstić information content (AvgIpc) is 2.72. The molecule has 9 heteroatoms. The zero-order chi connectivity index (χ0) is 16.2. The fourth-order valence-electron chi connectivity index (χ4n) is 2.98. The number of sulfonamides is 1. The molecule has 0 atom stereocenters. The number of rotatable bonds is 4. The van der Waals surface area contributed by atoms with Crippen molar-refractivity contribution in [3.05, 3.63) is 0 Å². The van der Waals surface area contributed by atoms with Gasteiger partial charge in [0.15, 0.2) is 0 Å². The summed E-state index contributed by atoms with van der Waals surface area (Å²) in [7, 11) is -3.81. The molecule has 2 saturated heterocycles. The fraction of sp³-hybridized carbons (Fsp3) is 1.00. The molecule has 0 bridgehead atoms. The van der Waals surface area contributed by atoms with Crippen LogP contribution in [0.25, 0.3) is 0 Å². The van der Waals surface area contributed by atoms with Crippen LogP contribution in [0.3, 0.4) is 0 Å². The van der Waals surface area contributed by atoms with Gasteiger partial charge in [-0.3, -0.25) is 4.90 Å². The van der Waals surface area contributed by atoms with Crippen molar-refractivity contribution in [3.63, 3.8) is 0 Å². The molecule has 0 aromatic rings. The zero-order valence-electron chi connectivity index (χ0n) is 12.5. The molecule has 22 heavy (non-hydrogen) atoms. The maximum atomic E-state index is 12.2.